The second kappa shape index (κ2) is 6.40. The normalized spacial score (nSPS) is 12.1. The van der Waals surface area contributed by atoms with Crippen LogP contribution in [0.1, 0.15) is 15.9 Å². The number of benzene rings is 1. The Hall–Kier alpha value is -1.20. The molecule has 5 heteroatoms. The zero-order valence-corrected chi connectivity index (χ0v) is 9.83. The molecule has 1 N–H and O–H groups in total. The van der Waals surface area contributed by atoms with Gasteiger partial charge in [0, 0.05) is 22.3 Å². The molecule has 0 saturated heterocycles. The van der Waals surface area contributed by atoms with E-state index in [4.69, 9.17) is 5.11 Å². The number of carbonyl (C=O) groups excluding carboxylic acids is 1. The van der Waals surface area contributed by atoms with E-state index in [1.165, 1.54) is 7.11 Å². The summed E-state index contributed by atoms with van der Waals surface area (Å²) < 4.78 is 16.0. The molecule has 0 fully saturated rings. The molecule has 4 nitrogen and oxygen atoms in total. The van der Waals surface area contributed by atoms with Gasteiger partial charge in [-0.25, -0.2) is 4.79 Å². The summed E-state index contributed by atoms with van der Waals surface area (Å²) in [6.45, 7) is -0.0939. The SMILES string of the molecule is COC(=O)c1cccc(CS(=O)CCO)c1. The molecule has 0 aliphatic rings. The quantitative estimate of drug-likeness (QED) is 0.773. The van der Waals surface area contributed by atoms with Crippen molar-refractivity contribution in [1.82, 2.24) is 0 Å². The van der Waals surface area contributed by atoms with Crippen molar-refractivity contribution in [2.24, 2.45) is 0 Å². The molecule has 0 aliphatic heterocycles. The molecule has 0 saturated carbocycles. The van der Waals surface area contributed by atoms with E-state index < -0.39 is 16.8 Å². The number of ether oxygens (including phenoxy) is 1. The van der Waals surface area contributed by atoms with Crippen molar-refractivity contribution in [3.05, 3.63) is 35.4 Å². The highest BCUT2D eigenvalue weighted by molar-refractivity contribution is 7.84. The number of hydrogen-bond donors (Lipinski definition) is 1. The van der Waals surface area contributed by atoms with E-state index in [2.05, 4.69) is 4.74 Å². The van der Waals surface area contributed by atoms with Crippen LogP contribution in [0.25, 0.3) is 0 Å². The van der Waals surface area contributed by atoms with Gasteiger partial charge in [-0.15, -0.1) is 0 Å². The minimum Gasteiger partial charge on any atom is -0.465 e. The molecule has 1 rings (SSSR count). The van der Waals surface area contributed by atoms with Crippen molar-refractivity contribution < 1.29 is 18.8 Å². The molecule has 16 heavy (non-hydrogen) atoms. The molecule has 1 atom stereocenters. The lowest BCUT2D eigenvalue weighted by molar-refractivity contribution is 0.0600. The van der Waals surface area contributed by atoms with Crippen LogP contribution in [0.3, 0.4) is 0 Å². The van der Waals surface area contributed by atoms with Gasteiger partial charge < -0.3 is 9.84 Å². The van der Waals surface area contributed by atoms with Crippen LogP contribution >= 0.6 is 0 Å². The molecule has 88 valence electrons. The Kier molecular flexibility index (Phi) is 5.14. The fraction of sp³-hybridized carbons (Fsp3) is 0.364. The summed E-state index contributed by atoms with van der Waals surface area (Å²) in [5.74, 6) is 0.184. The number of aliphatic hydroxyl groups is 1. The Morgan fingerprint density at radius 1 is 1.50 bits per heavy atom. The van der Waals surface area contributed by atoms with Crippen LogP contribution in [0.4, 0.5) is 0 Å². The molecule has 0 heterocycles. The van der Waals surface area contributed by atoms with E-state index in [1.54, 1.807) is 24.3 Å². The van der Waals surface area contributed by atoms with E-state index in [0.29, 0.717) is 11.3 Å². The monoisotopic (exact) mass is 242 g/mol. The Bertz CT molecular complexity index is 389. The Morgan fingerprint density at radius 3 is 2.88 bits per heavy atom. The van der Waals surface area contributed by atoms with Crippen molar-refractivity contribution in [3.8, 4) is 0 Å². The molecule has 0 bridgehead atoms. The fourth-order valence-electron chi connectivity index (χ4n) is 1.27. The topological polar surface area (TPSA) is 63.6 Å². The smallest absolute Gasteiger partial charge is 0.337 e. The summed E-state index contributed by atoms with van der Waals surface area (Å²) in [5.41, 5.74) is 1.25. The van der Waals surface area contributed by atoms with E-state index in [9.17, 15) is 9.00 Å². The van der Waals surface area contributed by atoms with Crippen LogP contribution in [-0.4, -0.2) is 34.8 Å². The van der Waals surface area contributed by atoms with Gasteiger partial charge in [0.2, 0.25) is 0 Å². The molecule has 1 aromatic rings. The van der Waals surface area contributed by atoms with E-state index >= 15 is 0 Å². The standard InChI is InChI=1S/C11H14O4S/c1-15-11(13)10-4-2-3-9(7-10)8-16(14)6-5-12/h2-4,7,12H,5-6,8H2,1H3. The van der Waals surface area contributed by atoms with Gasteiger partial charge in [0.1, 0.15) is 0 Å². The highest BCUT2D eigenvalue weighted by Crippen LogP contribution is 2.09. The van der Waals surface area contributed by atoms with Crippen molar-refractivity contribution in [2.75, 3.05) is 19.5 Å². The van der Waals surface area contributed by atoms with Gasteiger partial charge in [0.15, 0.2) is 0 Å². The van der Waals surface area contributed by atoms with Gasteiger partial charge in [0.25, 0.3) is 0 Å². The van der Waals surface area contributed by atoms with Gasteiger partial charge in [-0.05, 0) is 17.7 Å². The van der Waals surface area contributed by atoms with Gasteiger partial charge in [-0.2, -0.15) is 0 Å². The van der Waals surface area contributed by atoms with Crippen LogP contribution in [0.15, 0.2) is 24.3 Å². The van der Waals surface area contributed by atoms with Crippen LogP contribution in [0.5, 0.6) is 0 Å². The lowest BCUT2D eigenvalue weighted by Crippen LogP contribution is -2.06. The molecule has 0 amide bonds. The summed E-state index contributed by atoms with van der Waals surface area (Å²) >= 11 is 0. The third-order valence-electron chi connectivity index (χ3n) is 1.99. The van der Waals surface area contributed by atoms with Gasteiger partial charge in [-0.3, -0.25) is 4.21 Å². The second-order valence-corrected chi connectivity index (χ2v) is 4.78. The number of hydrogen-bond acceptors (Lipinski definition) is 4. The van der Waals surface area contributed by atoms with E-state index in [1.807, 2.05) is 0 Å². The number of rotatable bonds is 5. The minimum atomic E-state index is -1.10. The summed E-state index contributed by atoms with van der Waals surface area (Å²) in [5, 5.41) is 8.63. The molecule has 0 aromatic heterocycles. The van der Waals surface area contributed by atoms with Crippen molar-refractivity contribution in [2.45, 2.75) is 5.75 Å². The van der Waals surface area contributed by atoms with Crippen LogP contribution in [0, 0.1) is 0 Å². The summed E-state index contributed by atoms with van der Waals surface area (Å²) in [4.78, 5) is 11.2. The summed E-state index contributed by atoms with van der Waals surface area (Å²) in [6, 6.07) is 6.81. The first kappa shape index (κ1) is 12.9. The average Bonchev–Trinajstić information content (AvgIpc) is 2.28. The molecule has 0 spiro atoms. The number of esters is 1. The lowest BCUT2D eigenvalue weighted by Gasteiger charge is -2.03. The molecule has 1 aromatic carbocycles. The fourth-order valence-corrected chi connectivity index (χ4v) is 2.17. The van der Waals surface area contributed by atoms with Crippen LogP contribution < -0.4 is 0 Å². The highest BCUT2D eigenvalue weighted by Gasteiger charge is 2.07. The van der Waals surface area contributed by atoms with Gasteiger partial charge >= 0.3 is 5.97 Å². The van der Waals surface area contributed by atoms with E-state index in [0.717, 1.165) is 5.56 Å². The van der Waals surface area contributed by atoms with Crippen molar-refractivity contribution >= 4 is 16.8 Å². The highest BCUT2D eigenvalue weighted by atomic mass is 32.2. The second-order valence-electron chi connectivity index (χ2n) is 3.20. The largest absolute Gasteiger partial charge is 0.465 e. The number of methoxy groups -OCH3 is 1. The predicted molar refractivity (Wildman–Crippen MR) is 61.6 cm³/mol. The maximum atomic E-state index is 11.4. The van der Waals surface area contributed by atoms with Crippen LogP contribution in [0.2, 0.25) is 0 Å². The molecular weight excluding hydrogens is 228 g/mol. The maximum Gasteiger partial charge on any atom is 0.337 e. The average molecular weight is 242 g/mol. The molecule has 0 radical (unpaired) electrons. The summed E-state index contributed by atoms with van der Waals surface area (Å²) in [6.07, 6.45) is 0. The minimum absolute atomic E-state index is 0.0939. The maximum absolute atomic E-state index is 11.4. The zero-order chi connectivity index (χ0) is 12.0. The summed E-state index contributed by atoms with van der Waals surface area (Å²) in [7, 11) is 0.222. The molecular formula is C11H14O4S. The van der Waals surface area contributed by atoms with Crippen molar-refractivity contribution in [3.63, 3.8) is 0 Å². The Morgan fingerprint density at radius 2 is 2.25 bits per heavy atom. The molecule has 1 unspecified atom stereocenters. The third kappa shape index (κ3) is 3.75. The van der Waals surface area contributed by atoms with Gasteiger partial charge in [0.05, 0.1) is 19.3 Å². The predicted octanol–water partition coefficient (Wildman–Crippen LogP) is 0.714. The Balaban J connectivity index is 2.74. The number of carbonyl (C=O) groups is 1. The first-order chi connectivity index (χ1) is 7.67. The van der Waals surface area contributed by atoms with Crippen LogP contribution in [-0.2, 0) is 21.3 Å². The lowest BCUT2D eigenvalue weighted by atomic mass is 10.1. The number of aliphatic hydroxyl groups excluding tert-OH is 1. The first-order valence-electron chi connectivity index (χ1n) is 4.80. The van der Waals surface area contributed by atoms with E-state index in [-0.39, 0.29) is 12.4 Å². The molecule has 0 aliphatic carbocycles. The Labute approximate surface area is 96.7 Å². The first-order valence-corrected chi connectivity index (χ1v) is 6.29. The third-order valence-corrected chi connectivity index (χ3v) is 3.29. The van der Waals surface area contributed by atoms with Crippen molar-refractivity contribution in [1.29, 1.82) is 0 Å². The zero-order valence-electron chi connectivity index (χ0n) is 9.01. The van der Waals surface area contributed by atoms with Gasteiger partial charge in [-0.1, -0.05) is 12.1 Å².